The Bertz CT molecular complexity index is 685. The fourth-order valence-corrected chi connectivity index (χ4v) is 2.99. The van der Waals surface area contributed by atoms with E-state index >= 15 is 0 Å². The lowest BCUT2D eigenvalue weighted by atomic mass is 9.95. The summed E-state index contributed by atoms with van der Waals surface area (Å²) in [6, 6.07) is 3.87. The maximum Gasteiger partial charge on any atom is 0.220 e. The summed E-state index contributed by atoms with van der Waals surface area (Å²) in [6.07, 6.45) is 9.21. The van der Waals surface area contributed by atoms with E-state index in [4.69, 9.17) is 0 Å². The molecule has 0 radical (unpaired) electrons. The molecule has 120 valence electrons. The number of carbonyl (C=O) groups is 1. The molecule has 0 aromatic carbocycles. The van der Waals surface area contributed by atoms with Crippen molar-refractivity contribution < 1.29 is 4.79 Å². The van der Waals surface area contributed by atoms with Gasteiger partial charge in [0.1, 0.15) is 5.82 Å². The number of nitrogens with one attached hydrogen (secondary N) is 1. The molecule has 5 nitrogen and oxygen atoms in total. The van der Waals surface area contributed by atoms with E-state index in [2.05, 4.69) is 20.3 Å². The third-order valence-corrected chi connectivity index (χ3v) is 4.24. The van der Waals surface area contributed by atoms with Crippen molar-refractivity contribution >= 4 is 5.91 Å². The van der Waals surface area contributed by atoms with Crippen molar-refractivity contribution in [3.63, 3.8) is 0 Å². The van der Waals surface area contributed by atoms with Crippen LogP contribution in [0.1, 0.15) is 47.6 Å². The summed E-state index contributed by atoms with van der Waals surface area (Å²) >= 11 is 0. The SMILES string of the molecule is Cc1nc(CNC(=O)CCc2cccnc2)nc2c1CCCC2. The second-order valence-corrected chi connectivity index (χ2v) is 6.00. The Balaban J connectivity index is 1.54. The van der Waals surface area contributed by atoms with Crippen LogP contribution in [0.2, 0.25) is 0 Å². The van der Waals surface area contributed by atoms with Gasteiger partial charge >= 0.3 is 0 Å². The number of aromatic nitrogens is 3. The van der Waals surface area contributed by atoms with Crippen molar-refractivity contribution in [1.29, 1.82) is 0 Å². The molecule has 1 amide bonds. The lowest BCUT2D eigenvalue weighted by molar-refractivity contribution is -0.121. The molecular weight excluding hydrogens is 288 g/mol. The van der Waals surface area contributed by atoms with Crippen LogP contribution in [-0.2, 0) is 30.6 Å². The number of rotatable bonds is 5. The summed E-state index contributed by atoms with van der Waals surface area (Å²) in [6.45, 7) is 2.44. The normalized spacial score (nSPS) is 13.4. The third kappa shape index (κ3) is 4.12. The molecule has 2 aromatic rings. The molecule has 5 heteroatoms. The molecule has 0 fully saturated rings. The molecule has 0 spiro atoms. The highest BCUT2D eigenvalue weighted by atomic mass is 16.1. The van der Waals surface area contributed by atoms with Crippen LogP contribution in [0.15, 0.2) is 24.5 Å². The van der Waals surface area contributed by atoms with Crippen molar-refractivity contribution in [1.82, 2.24) is 20.3 Å². The zero-order valence-corrected chi connectivity index (χ0v) is 13.5. The van der Waals surface area contributed by atoms with Gasteiger partial charge in [0.2, 0.25) is 5.91 Å². The first-order chi connectivity index (χ1) is 11.2. The molecule has 3 rings (SSSR count). The van der Waals surface area contributed by atoms with Gasteiger partial charge < -0.3 is 5.32 Å². The molecule has 0 saturated carbocycles. The Labute approximate surface area is 136 Å². The van der Waals surface area contributed by atoms with Crippen molar-refractivity contribution in [2.45, 2.75) is 52.0 Å². The molecule has 1 aliphatic rings. The lowest BCUT2D eigenvalue weighted by Gasteiger charge is -2.17. The Morgan fingerprint density at radius 1 is 1.26 bits per heavy atom. The highest BCUT2D eigenvalue weighted by Crippen LogP contribution is 2.21. The summed E-state index contributed by atoms with van der Waals surface area (Å²) in [4.78, 5) is 25.2. The lowest BCUT2D eigenvalue weighted by Crippen LogP contribution is -2.25. The second kappa shape index (κ2) is 7.31. The summed E-state index contributed by atoms with van der Waals surface area (Å²) in [5.74, 6) is 0.741. The van der Waals surface area contributed by atoms with Gasteiger partial charge in [0.05, 0.1) is 6.54 Å². The maximum atomic E-state index is 12.0. The van der Waals surface area contributed by atoms with Crippen molar-refractivity contribution in [2.24, 2.45) is 0 Å². The number of nitrogens with zero attached hydrogens (tertiary/aromatic N) is 3. The third-order valence-electron chi connectivity index (χ3n) is 4.24. The molecule has 23 heavy (non-hydrogen) atoms. The predicted octanol–water partition coefficient (Wildman–Crippen LogP) is 2.31. The molecule has 0 atom stereocenters. The topological polar surface area (TPSA) is 67.8 Å². The highest BCUT2D eigenvalue weighted by Gasteiger charge is 2.15. The number of pyridine rings is 1. The van der Waals surface area contributed by atoms with E-state index < -0.39 is 0 Å². The molecule has 0 aliphatic heterocycles. The number of carbonyl (C=O) groups excluding carboxylic acids is 1. The van der Waals surface area contributed by atoms with E-state index in [1.165, 1.54) is 24.1 Å². The first kappa shape index (κ1) is 15.6. The molecule has 1 N–H and O–H groups in total. The molecular formula is C18H22N4O. The van der Waals surface area contributed by atoms with Crippen LogP contribution in [0, 0.1) is 6.92 Å². The quantitative estimate of drug-likeness (QED) is 0.920. The van der Waals surface area contributed by atoms with E-state index in [0.717, 1.165) is 29.9 Å². The number of fused-ring (bicyclic) bond motifs is 1. The van der Waals surface area contributed by atoms with E-state index in [1.807, 2.05) is 19.1 Å². The first-order valence-corrected chi connectivity index (χ1v) is 8.23. The fourth-order valence-electron chi connectivity index (χ4n) is 2.99. The Kier molecular flexibility index (Phi) is 4.95. The monoisotopic (exact) mass is 310 g/mol. The van der Waals surface area contributed by atoms with Crippen LogP contribution in [-0.4, -0.2) is 20.9 Å². The number of hydrogen-bond donors (Lipinski definition) is 1. The van der Waals surface area contributed by atoms with Gasteiger partial charge in [-0.1, -0.05) is 6.07 Å². The molecule has 0 unspecified atom stereocenters. The standard InChI is InChI=1S/C18H22N4O/c1-13-15-6-2-3-7-16(15)22-17(21-13)12-20-18(23)9-8-14-5-4-10-19-11-14/h4-5,10-11H,2-3,6-9,12H2,1H3,(H,20,23). The van der Waals surface area contributed by atoms with Gasteiger partial charge in [0, 0.05) is 30.2 Å². The van der Waals surface area contributed by atoms with Gasteiger partial charge in [-0.25, -0.2) is 9.97 Å². The minimum atomic E-state index is 0.0211. The van der Waals surface area contributed by atoms with E-state index in [0.29, 0.717) is 19.4 Å². The van der Waals surface area contributed by atoms with E-state index in [9.17, 15) is 4.79 Å². The molecule has 0 bridgehead atoms. The first-order valence-electron chi connectivity index (χ1n) is 8.23. The Morgan fingerprint density at radius 3 is 2.96 bits per heavy atom. The van der Waals surface area contributed by atoms with Crippen LogP contribution in [0.4, 0.5) is 0 Å². The number of aryl methyl sites for hydroxylation is 3. The zero-order chi connectivity index (χ0) is 16.1. The minimum Gasteiger partial charge on any atom is -0.349 e. The zero-order valence-electron chi connectivity index (χ0n) is 13.5. The van der Waals surface area contributed by atoms with Gasteiger partial charge in [0.25, 0.3) is 0 Å². The van der Waals surface area contributed by atoms with Crippen LogP contribution in [0.3, 0.4) is 0 Å². The van der Waals surface area contributed by atoms with Gasteiger partial charge in [-0.05, 0) is 56.2 Å². The summed E-state index contributed by atoms with van der Waals surface area (Å²) < 4.78 is 0. The summed E-state index contributed by atoms with van der Waals surface area (Å²) in [5, 5.41) is 2.92. The average Bonchev–Trinajstić information content (AvgIpc) is 2.59. The summed E-state index contributed by atoms with van der Waals surface area (Å²) in [7, 11) is 0. The van der Waals surface area contributed by atoms with Gasteiger partial charge in [-0.2, -0.15) is 0 Å². The number of hydrogen-bond acceptors (Lipinski definition) is 4. The predicted molar refractivity (Wildman–Crippen MR) is 87.8 cm³/mol. The van der Waals surface area contributed by atoms with Gasteiger partial charge in [-0.15, -0.1) is 0 Å². The van der Waals surface area contributed by atoms with E-state index in [-0.39, 0.29) is 5.91 Å². The van der Waals surface area contributed by atoms with Crippen molar-refractivity contribution in [3.8, 4) is 0 Å². The average molecular weight is 310 g/mol. The number of amides is 1. The van der Waals surface area contributed by atoms with Crippen LogP contribution in [0.25, 0.3) is 0 Å². The molecule has 1 aliphatic carbocycles. The van der Waals surface area contributed by atoms with Gasteiger partial charge in [-0.3, -0.25) is 9.78 Å². The molecule has 2 heterocycles. The van der Waals surface area contributed by atoms with Crippen LogP contribution in [0.5, 0.6) is 0 Å². The van der Waals surface area contributed by atoms with Crippen LogP contribution >= 0.6 is 0 Å². The van der Waals surface area contributed by atoms with Crippen molar-refractivity contribution in [3.05, 3.63) is 52.9 Å². The molecule has 2 aromatic heterocycles. The largest absolute Gasteiger partial charge is 0.349 e. The van der Waals surface area contributed by atoms with Gasteiger partial charge in [0.15, 0.2) is 0 Å². The Morgan fingerprint density at radius 2 is 2.13 bits per heavy atom. The molecule has 0 saturated heterocycles. The van der Waals surface area contributed by atoms with Crippen LogP contribution < -0.4 is 5.32 Å². The smallest absolute Gasteiger partial charge is 0.220 e. The summed E-state index contributed by atoms with van der Waals surface area (Å²) in [5.41, 5.74) is 4.61. The fraction of sp³-hybridized carbons (Fsp3) is 0.444. The highest BCUT2D eigenvalue weighted by molar-refractivity contribution is 5.76. The minimum absolute atomic E-state index is 0.0211. The maximum absolute atomic E-state index is 12.0. The Hall–Kier alpha value is -2.30. The second-order valence-electron chi connectivity index (χ2n) is 6.00. The van der Waals surface area contributed by atoms with Crippen molar-refractivity contribution in [2.75, 3.05) is 0 Å². The van der Waals surface area contributed by atoms with E-state index in [1.54, 1.807) is 12.4 Å².